The highest BCUT2D eigenvalue weighted by molar-refractivity contribution is 5.93. The van der Waals surface area contributed by atoms with Crippen LogP contribution in [-0.4, -0.2) is 6.29 Å². The van der Waals surface area contributed by atoms with Crippen LogP contribution in [0.15, 0.2) is 115 Å². The smallest absolute Gasteiger partial charge is 0.150 e. The predicted octanol–water partition coefficient (Wildman–Crippen LogP) is 6.52. The molecule has 0 radical (unpaired) electrons. The molecular formula is C25H20O. The van der Waals surface area contributed by atoms with Crippen LogP contribution >= 0.6 is 0 Å². The summed E-state index contributed by atoms with van der Waals surface area (Å²) in [4.78, 5) is 11.2. The van der Waals surface area contributed by atoms with Crippen LogP contribution in [0.5, 0.6) is 0 Å². The third-order valence-corrected chi connectivity index (χ3v) is 4.06. The first-order chi connectivity index (χ1) is 12.9. The zero-order chi connectivity index (χ0) is 18.0. The van der Waals surface area contributed by atoms with Gasteiger partial charge in [0.2, 0.25) is 0 Å². The van der Waals surface area contributed by atoms with Crippen LogP contribution in [0.25, 0.3) is 22.3 Å². The molecule has 0 heterocycles. The van der Waals surface area contributed by atoms with Crippen LogP contribution in [-0.2, 0) is 0 Å². The summed E-state index contributed by atoms with van der Waals surface area (Å²) in [5, 5.41) is 0. The first-order valence-corrected chi connectivity index (χ1v) is 8.59. The normalized spacial score (nSPS) is 9.69. The topological polar surface area (TPSA) is 17.1 Å². The molecule has 0 fully saturated rings. The summed E-state index contributed by atoms with van der Waals surface area (Å²) in [7, 11) is 0. The summed E-state index contributed by atoms with van der Waals surface area (Å²) in [6.45, 7) is 0. The van der Waals surface area contributed by atoms with Crippen LogP contribution < -0.4 is 0 Å². The lowest BCUT2D eigenvalue weighted by atomic mass is 9.92. The Balaban J connectivity index is 0.000000278. The standard InChI is InChI=1S/C19H14O.C6H6/c20-14-16-10-4-5-12-18(16)19-13-7-6-11-17(19)15-8-2-1-3-9-15;1-2-4-6-5-3-1/h1-14H;1-6H. The van der Waals surface area contributed by atoms with E-state index in [0.29, 0.717) is 0 Å². The highest BCUT2D eigenvalue weighted by Gasteiger charge is 2.09. The number of hydrogen-bond acceptors (Lipinski definition) is 1. The molecule has 26 heavy (non-hydrogen) atoms. The molecule has 0 aromatic heterocycles. The Labute approximate surface area is 154 Å². The lowest BCUT2D eigenvalue weighted by Gasteiger charge is -2.11. The summed E-state index contributed by atoms with van der Waals surface area (Å²) in [6, 6.07) is 38.1. The number of carbonyl (C=O) groups excluding carboxylic acids is 1. The minimum Gasteiger partial charge on any atom is -0.298 e. The average Bonchev–Trinajstić information content (AvgIpc) is 2.76. The van der Waals surface area contributed by atoms with Crippen molar-refractivity contribution in [1.82, 2.24) is 0 Å². The Hall–Kier alpha value is -3.45. The van der Waals surface area contributed by atoms with E-state index in [4.69, 9.17) is 0 Å². The van der Waals surface area contributed by atoms with Gasteiger partial charge in [0.05, 0.1) is 0 Å². The van der Waals surface area contributed by atoms with Crippen molar-refractivity contribution in [2.45, 2.75) is 0 Å². The fourth-order valence-electron chi connectivity index (χ4n) is 2.82. The van der Waals surface area contributed by atoms with Crippen LogP contribution in [0, 0.1) is 0 Å². The third kappa shape index (κ3) is 4.34. The second-order valence-electron chi connectivity index (χ2n) is 5.77. The summed E-state index contributed by atoms with van der Waals surface area (Å²) >= 11 is 0. The Bertz CT molecular complexity index is 917. The first kappa shape index (κ1) is 17.4. The van der Waals surface area contributed by atoms with E-state index in [1.165, 1.54) is 0 Å². The SMILES string of the molecule is O=Cc1ccccc1-c1ccccc1-c1ccccc1.c1ccccc1. The van der Waals surface area contributed by atoms with Crippen LogP contribution in [0.3, 0.4) is 0 Å². The largest absolute Gasteiger partial charge is 0.298 e. The van der Waals surface area contributed by atoms with Gasteiger partial charge in [-0.25, -0.2) is 0 Å². The molecule has 1 nitrogen and oxygen atoms in total. The molecule has 0 aliphatic carbocycles. The van der Waals surface area contributed by atoms with Gasteiger partial charge in [-0.1, -0.05) is 115 Å². The molecule has 0 aliphatic rings. The molecule has 0 bridgehead atoms. The molecule has 0 saturated heterocycles. The van der Waals surface area contributed by atoms with Gasteiger partial charge in [-0.15, -0.1) is 0 Å². The lowest BCUT2D eigenvalue weighted by molar-refractivity contribution is 0.112. The van der Waals surface area contributed by atoms with Crippen molar-refractivity contribution in [2.24, 2.45) is 0 Å². The average molecular weight is 336 g/mol. The van der Waals surface area contributed by atoms with Crippen molar-refractivity contribution in [2.75, 3.05) is 0 Å². The van der Waals surface area contributed by atoms with E-state index < -0.39 is 0 Å². The fraction of sp³-hybridized carbons (Fsp3) is 0. The second kappa shape index (κ2) is 9.14. The summed E-state index contributed by atoms with van der Waals surface area (Å²) < 4.78 is 0. The molecule has 0 spiro atoms. The van der Waals surface area contributed by atoms with E-state index in [2.05, 4.69) is 24.3 Å². The van der Waals surface area contributed by atoms with Gasteiger partial charge >= 0.3 is 0 Å². The van der Waals surface area contributed by atoms with Gasteiger partial charge in [-0.05, 0) is 22.3 Å². The molecule has 4 aromatic carbocycles. The fourth-order valence-corrected chi connectivity index (χ4v) is 2.82. The highest BCUT2D eigenvalue weighted by atomic mass is 16.1. The van der Waals surface area contributed by atoms with Crippen LogP contribution in [0.2, 0.25) is 0 Å². The van der Waals surface area contributed by atoms with Crippen molar-refractivity contribution in [3.8, 4) is 22.3 Å². The summed E-state index contributed by atoms with van der Waals surface area (Å²) in [6.07, 6.45) is 0.914. The van der Waals surface area contributed by atoms with Gasteiger partial charge in [-0.2, -0.15) is 0 Å². The number of benzene rings is 4. The Morgan fingerprint density at radius 3 is 1.42 bits per heavy atom. The van der Waals surface area contributed by atoms with E-state index in [-0.39, 0.29) is 0 Å². The molecule has 0 aliphatic heterocycles. The molecule has 0 atom stereocenters. The molecule has 0 unspecified atom stereocenters. The van der Waals surface area contributed by atoms with E-state index >= 15 is 0 Å². The van der Waals surface area contributed by atoms with Crippen LogP contribution in [0.4, 0.5) is 0 Å². The Morgan fingerprint density at radius 2 is 0.846 bits per heavy atom. The highest BCUT2D eigenvalue weighted by Crippen LogP contribution is 2.33. The maximum Gasteiger partial charge on any atom is 0.150 e. The predicted molar refractivity (Wildman–Crippen MR) is 109 cm³/mol. The molecule has 4 rings (SSSR count). The maximum absolute atomic E-state index is 11.2. The zero-order valence-electron chi connectivity index (χ0n) is 14.5. The lowest BCUT2D eigenvalue weighted by Crippen LogP contribution is -1.90. The number of rotatable bonds is 3. The van der Waals surface area contributed by atoms with Gasteiger partial charge in [0.1, 0.15) is 0 Å². The zero-order valence-corrected chi connectivity index (χ0v) is 14.5. The number of aldehydes is 1. The van der Waals surface area contributed by atoms with Crippen molar-refractivity contribution in [3.63, 3.8) is 0 Å². The van der Waals surface area contributed by atoms with Gasteiger partial charge in [0.25, 0.3) is 0 Å². The molecule has 0 amide bonds. The van der Waals surface area contributed by atoms with Crippen molar-refractivity contribution >= 4 is 6.29 Å². The quantitative estimate of drug-likeness (QED) is 0.389. The van der Waals surface area contributed by atoms with E-state index in [0.717, 1.165) is 34.1 Å². The number of hydrogen-bond donors (Lipinski definition) is 0. The van der Waals surface area contributed by atoms with E-state index in [1.807, 2.05) is 91.0 Å². The third-order valence-electron chi connectivity index (χ3n) is 4.06. The van der Waals surface area contributed by atoms with Crippen molar-refractivity contribution in [1.29, 1.82) is 0 Å². The van der Waals surface area contributed by atoms with E-state index in [9.17, 15) is 4.79 Å². The molecular weight excluding hydrogens is 316 g/mol. The van der Waals surface area contributed by atoms with Gasteiger partial charge in [0.15, 0.2) is 6.29 Å². The molecule has 1 heteroatoms. The molecule has 126 valence electrons. The molecule has 0 N–H and O–H groups in total. The number of carbonyl (C=O) groups is 1. The van der Waals surface area contributed by atoms with Gasteiger partial charge in [-0.3, -0.25) is 4.79 Å². The Morgan fingerprint density at radius 1 is 0.423 bits per heavy atom. The summed E-state index contributed by atoms with van der Waals surface area (Å²) in [5.74, 6) is 0. The second-order valence-corrected chi connectivity index (χ2v) is 5.77. The maximum atomic E-state index is 11.2. The van der Waals surface area contributed by atoms with Crippen molar-refractivity contribution in [3.05, 3.63) is 121 Å². The minimum absolute atomic E-state index is 0.718. The molecule has 4 aromatic rings. The summed E-state index contributed by atoms with van der Waals surface area (Å²) in [5.41, 5.74) is 5.07. The van der Waals surface area contributed by atoms with Crippen molar-refractivity contribution < 1.29 is 4.79 Å². The Kier molecular flexibility index (Phi) is 6.11. The monoisotopic (exact) mass is 336 g/mol. The molecule has 0 saturated carbocycles. The van der Waals surface area contributed by atoms with Crippen LogP contribution in [0.1, 0.15) is 10.4 Å². The first-order valence-electron chi connectivity index (χ1n) is 8.59. The van der Waals surface area contributed by atoms with E-state index in [1.54, 1.807) is 0 Å². The van der Waals surface area contributed by atoms with Gasteiger partial charge in [0, 0.05) is 5.56 Å². The van der Waals surface area contributed by atoms with Gasteiger partial charge < -0.3 is 0 Å². The minimum atomic E-state index is 0.718.